The Bertz CT molecular complexity index is 958. The number of nitrogens with one attached hydrogen (secondary N) is 1. The first-order chi connectivity index (χ1) is 13.1. The van der Waals surface area contributed by atoms with Crippen LogP contribution in [0.5, 0.6) is 0 Å². The van der Waals surface area contributed by atoms with Gasteiger partial charge in [0.1, 0.15) is 6.54 Å². The minimum Gasteiger partial charge on any atom is -0.465 e. The molecule has 7 nitrogen and oxygen atoms in total. The van der Waals surface area contributed by atoms with Gasteiger partial charge in [-0.15, -0.1) is 0 Å². The zero-order valence-corrected chi connectivity index (χ0v) is 17.4. The van der Waals surface area contributed by atoms with E-state index in [1.165, 1.54) is 49.4 Å². The first-order valence-electron chi connectivity index (χ1n) is 8.15. The van der Waals surface area contributed by atoms with Gasteiger partial charge in [0.15, 0.2) is 0 Å². The maximum atomic E-state index is 13.2. The number of esters is 1. The summed E-state index contributed by atoms with van der Waals surface area (Å²) in [5.74, 6) is -1.01. The summed E-state index contributed by atoms with van der Waals surface area (Å²) in [6, 6.07) is 9.76. The van der Waals surface area contributed by atoms with Crippen LogP contribution in [0.4, 0.5) is 11.4 Å². The molecule has 0 radical (unpaired) electrons. The van der Waals surface area contributed by atoms with Crippen LogP contribution in [0.2, 0.25) is 10.0 Å². The summed E-state index contributed by atoms with van der Waals surface area (Å²) in [6.45, 7) is 2.51. The Hall–Kier alpha value is -2.29. The molecule has 2 aromatic carbocycles. The maximum absolute atomic E-state index is 13.2. The average molecular weight is 445 g/mol. The second kappa shape index (κ2) is 9.27. The molecule has 0 heterocycles. The molecule has 150 valence electrons. The van der Waals surface area contributed by atoms with Crippen LogP contribution >= 0.6 is 23.2 Å². The Morgan fingerprint density at radius 1 is 1.07 bits per heavy atom. The molecule has 1 amide bonds. The quantitative estimate of drug-likeness (QED) is 0.656. The van der Waals surface area contributed by atoms with E-state index < -0.39 is 22.5 Å². The number of benzene rings is 2. The highest BCUT2D eigenvalue weighted by molar-refractivity contribution is 7.92. The number of anilines is 2. The number of rotatable bonds is 7. The van der Waals surface area contributed by atoms with Crippen molar-refractivity contribution in [2.24, 2.45) is 0 Å². The molecule has 2 aromatic rings. The lowest BCUT2D eigenvalue weighted by Gasteiger charge is -2.24. The van der Waals surface area contributed by atoms with E-state index in [9.17, 15) is 18.0 Å². The second-order valence-corrected chi connectivity index (χ2v) is 8.39. The summed E-state index contributed by atoms with van der Waals surface area (Å²) in [7, 11) is -4.14. The highest BCUT2D eigenvalue weighted by Gasteiger charge is 2.28. The minimum absolute atomic E-state index is 0.0815. The van der Waals surface area contributed by atoms with E-state index in [4.69, 9.17) is 27.9 Å². The monoisotopic (exact) mass is 444 g/mol. The first kappa shape index (κ1) is 22.0. The summed E-state index contributed by atoms with van der Waals surface area (Å²) in [5.41, 5.74) is 0.561. The average Bonchev–Trinajstić information content (AvgIpc) is 2.59. The van der Waals surface area contributed by atoms with Crippen LogP contribution in [0.25, 0.3) is 0 Å². The molecule has 0 fully saturated rings. The molecule has 0 aromatic heterocycles. The molecule has 0 aliphatic carbocycles. The summed E-state index contributed by atoms with van der Waals surface area (Å²) < 4.78 is 32.1. The van der Waals surface area contributed by atoms with Crippen molar-refractivity contribution in [3.63, 3.8) is 0 Å². The normalized spacial score (nSPS) is 11.0. The van der Waals surface area contributed by atoms with E-state index in [-0.39, 0.29) is 33.1 Å². The highest BCUT2D eigenvalue weighted by Crippen LogP contribution is 2.30. The van der Waals surface area contributed by atoms with Crippen LogP contribution in [0.3, 0.4) is 0 Å². The van der Waals surface area contributed by atoms with Crippen LogP contribution in [0.1, 0.15) is 13.8 Å². The lowest BCUT2D eigenvalue weighted by atomic mass is 10.3. The maximum Gasteiger partial charge on any atom is 0.326 e. The SMILES string of the molecule is CCOC(=O)CN(c1cc(Cl)cc(Cl)c1)S(=O)(=O)c1ccc(NC(C)=O)cc1. The van der Waals surface area contributed by atoms with Crippen LogP contribution < -0.4 is 9.62 Å². The smallest absolute Gasteiger partial charge is 0.326 e. The lowest BCUT2D eigenvalue weighted by Crippen LogP contribution is -2.36. The summed E-state index contributed by atoms with van der Waals surface area (Å²) in [6.07, 6.45) is 0. The number of carbonyl (C=O) groups excluding carboxylic acids is 2. The first-order valence-corrected chi connectivity index (χ1v) is 10.3. The number of ether oxygens (including phenoxy) is 1. The molecule has 1 N–H and O–H groups in total. The highest BCUT2D eigenvalue weighted by atomic mass is 35.5. The van der Waals surface area contributed by atoms with Gasteiger partial charge in [-0.3, -0.25) is 13.9 Å². The fourth-order valence-corrected chi connectivity index (χ4v) is 4.27. The number of hydrogen-bond donors (Lipinski definition) is 1. The Morgan fingerprint density at radius 2 is 1.64 bits per heavy atom. The third-order valence-electron chi connectivity index (χ3n) is 3.48. The lowest BCUT2D eigenvalue weighted by molar-refractivity contribution is -0.141. The van der Waals surface area contributed by atoms with E-state index in [2.05, 4.69) is 5.32 Å². The number of halogens is 2. The largest absolute Gasteiger partial charge is 0.465 e. The van der Waals surface area contributed by atoms with Crippen molar-refractivity contribution in [3.8, 4) is 0 Å². The van der Waals surface area contributed by atoms with Gasteiger partial charge >= 0.3 is 5.97 Å². The molecule has 0 saturated heterocycles. The van der Waals surface area contributed by atoms with Gasteiger partial charge in [-0.05, 0) is 49.4 Å². The van der Waals surface area contributed by atoms with Gasteiger partial charge in [-0.25, -0.2) is 8.42 Å². The number of carbonyl (C=O) groups is 2. The number of nitrogens with zero attached hydrogens (tertiary/aromatic N) is 1. The van der Waals surface area contributed by atoms with Crippen LogP contribution in [-0.2, 0) is 24.3 Å². The number of amides is 1. The van der Waals surface area contributed by atoms with Crippen LogP contribution in [0, 0.1) is 0 Å². The van der Waals surface area contributed by atoms with Gasteiger partial charge in [0, 0.05) is 22.7 Å². The molecule has 0 spiro atoms. The van der Waals surface area contributed by atoms with Crippen LogP contribution in [0.15, 0.2) is 47.4 Å². The van der Waals surface area contributed by atoms with Crippen molar-refractivity contribution in [2.45, 2.75) is 18.7 Å². The van der Waals surface area contributed by atoms with E-state index >= 15 is 0 Å². The molecular formula is C18H18Cl2N2O5S. The molecule has 0 unspecified atom stereocenters. The van der Waals surface area contributed by atoms with Crippen molar-refractivity contribution < 1.29 is 22.7 Å². The fourth-order valence-electron chi connectivity index (χ4n) is 2.36. The van der Waals surface area contributed by atoms with Crippen molar-refractivity contribution in [1.82, 2.24) is 0 Å². The number of sulfonamides is 1. The molecule has 2 rings (SSSR count). The minimum atomic E-state index is -4.14. The summed E-state index contributed by atoms with van der Waals surface area (Å²) in [5, 5.41) is 2.98. The van der Waals surface area contributed by atoms with E-state index in [1.54, 1.807) is 6.92 Å². The zero-order valence-electron chi connectivity index (χ0n) is 15.1. The molecule has 28 heavy (non-hydrogen) atoms. The molecule has 0 atom stereocenters. The van der Waals surface area contributed by atoms with Gasteiger partial charge in [0.25, 0.3) is 10.0 Å². The van der Waals surface area contributed by atoms with Gasteiger partial charge < -0.3 is 10.1 Å². The van der Waals surface area contributed by atoms with Gasteiger partial charge in [-0.2, -0.15) is 0 Å². The Balaban J connectivity index is 2.48. The third-order valence-corrected chi connectivity index (χ3v) is 5.70. The molecule has 0 saturated carbocycles. The third kappa shape index (κ3) is 5.60. The van der Waals surface area contributed by atoms with Crippen molar-refractivity contribution in [1.29, 1.82) is 0 Å². The Morgan fingerprint density at radius 3 is 2.14 bits per heavy atom. The van der Waals surface area contributed by atoms with E-state index in [1.807, 2.05) is 0 Å². The standard InChI is InChI=1S/C18H18Cl2N2O5S/c1-3-27-18(24)11-22(16-9-13(19)8-14(20)10-16)28(25,26)17-6-4-15(5-7-17)21-12(2)23/h4-10H,3,11H2,1-2H3,(H,21,23). The van der Waals surface area contributed by atoms with E-state index in [0.29, 0.717) is 5.69 Å². The molecule has 10 heteroatoms. The Kier molecular flexibility index (Phi) is 7.29. The van der Waals surface area contributed by atoms with Crippen LogP contribution in [-0.4, -0.2) is 33.4 Å². The predicted molar refractivity (Wildman–Crippen MR) is 108 cm³/mol. The molecule has 0 bridgehead atoms. The van der Waals surface area contributed by atoms with Crippen molar-refractivity contribution in [3.05, 3.63) is 52.5 Å². The van der Waals surface area contributed by atoms with E-state index in [0.717, 1.165) is 4.31 Å². The fraction of sp³-hybridized carbons (Fsp3) is 0.222. The molecule has 0 aliphatic rings. The second-order valence-electron chi connectivity index (χ2n) is 5.65. The van der Waals surface area contributed by atoms with Crippen molar-refractivity contribution in [2.75, 3.05) is 22.8 Å². The van der Waals surface area contributed by atoms with Gasteiger partial charge in [0.05, 0.1) is 17.2 Å². The number of hydrogen-bond acceptors (Lipinski definition) is 5. The zero-order chi connectivity index (χ0) is 20.9. The van der Waals surface area contributed by atoms with Gasteiger partial charge in [0.2, 0.25) is 5.91 Å². The predicted octanol–water partition coefficient (Wildman–Crippen LogP) is 3.71. The topological polar surface area (TPSA) is 92.8 Å². The van der Waals surface area contributed by atoms with Crippen molar-refractivity contribution >= 4 is 56.5 Å². The summed E-state index contributed by atoms with van der Waals surface area (Å²) in [4.78, 5) is 23.0. The Labute approximate surface area is 173 Å². The van der Waals surface area contributed by atoms with Gasteiger partial charge in [-0.1, -0.05) is 23.2 Å². The molecule has 0 aliphatic heterocycles. The molecular weight excluding hydrogens is 427 g/mol. The summed E-state index contributed by atoms with van der Waals surface area (Å²) >= 11 is 12.0.